The van der Waals surface area contributed by atoms with Gasteiger partial charge in [0.1, 0.15) is 6.23 Å². The zero-order valence-electron chi connectivity index (χ0n) is 12.6. The van der Waals surface area contributed by atoms with Gasteiger partial charge in [-0.3, -0.25) is 4.90 Å². The number of hydrogen-bond acceptors (Lipinski definition) is 3. The fourth-order valence-corrected chi connectivity index (χ4v) is 2.70. The van der Waals surface area contributed by atoms with Crippen LogP contribution in [0.4, 0.5) is 13.2 Å². The van der Waals surface area contributed by atoms with Gasteiger partial charge < -0.3 is 10.1 Å². The van der Waals surface area contributed by atoms with Crippen LogP contribution in [0.3, 0.4) is 0 Å². The predicted molar refractivity (Wildman–Crippen MR) is 79.3 cm³/mol. The van der Waals surface area contributed by atoms with E-state index in [0.717, 1.165) is 25.6 Å². The predicted octanol–water partition coefficient (Wildman–Crippen LogP) is 3.03. The highest BCUT2D eigenvalue weighted by molar-refractivity contribution is 5.25. The first kappa shape index (κ1) is 17.0. The molecule has 1 N–H and O–H groups in total. The fourth-order valence-electron chi connectivity index (χ4n) is 2.70. The highest BCUT2D eigenvalue weighted by atomic mass is 19.4. The minimum absolute atomic E-state index is 0.111. The topological polar surface area (TPSA) is 24.5 Å². The Morgan fingerprint density at radius 1 is 1.50 bits per heavy atom. The summed E-state index contributed by atoms with van der Waals surface area (Å²) < 4.78 is 43.3. The molecule has 3 nitrogen and oxygen atoms in total. The smallest absolute Gasteiger partial charge is 0.363 e. The molecule has 1 aliphatic heterocycles. The molecule has 22 heavy (non-hydrogen) atoms. The molecule has 1 saturated heterocycles. The van der Waals surface area contributed by atoms with E-state index >= 15 is 0 Å². The van der Waals surface area contributed by atoms with Crippen LogP contribution in [0.2, 0.25) is 0 Å². The van der Waals surface area contributed by atoms with E-state index in [2.05, 4.69) is 16.8 Å². The lowest BCUT2D eigenvalue weighted by Crippen LogP contribution is -2.37. The number of hydrogen-bond donors (Lipinski definition) is 1. The molecule has 0 bridgehead atoms. The van der Waals surface area contributed by atoms with E-state index in [-0.39, 0.29) is 12.3 Å². The van der Waals surface area contributed by atoms with Crippen molar-refractivity contribution >= 4 is 0 Å². The minimum Gasteiger partial charge on any atom is -0.363 e. The number of halogens is 3. The summed E-state index contributed by atoms with van der Waals surface area (Å²) in [7, 11) is 1.63. The summed E-state index contributed by atoms with van der Waals surface area (Å²) in [5.74, 6) is 0. The zero-order chi connectivity index (χ0) is 16.2. The molecule has 0 aromatic heterocycles. The van der Waals surface area contributed by atoms with Gasteiger partial charge in [0, 0.05) is 32.8 Å². The first-order valence-electron chi connectivity index (χ1n) is 7.23. The molecule has 2 rings (SSSR count). The summed E-state index contributed by atoms with van der Waals surface area (Å²) in [6.07, 6.45) is -1.72. The molecular formula is C16H21F3N2O. The summed E-state index contributed by atoms with van der Waals surface area (Å²) in [5.41, 5.74) is 0.0336. The van der Waals surface area contributed by atoms with Crippen molar-refractivity contribution in [1.29, 1.82) is 0 Å². The van der Waals surface area contributed by atoms with Gasteiger partial charge in [-0.25, -0.2) is 0 Å². The van der Waals surface area contributed by atoms with Crippen LogP contribution in [0, 0.1) is 0 Å². The summed E-state index contributed by atoms with van der Waals surface area (Å²) >= 11 is 0. The van der Waals surface area contributed by atoms with Gasteiger partial charge >= 0.3 is 6.18 Å². The van der Waals surface area contributed by atoms with Gasteiger partial charge in [0.05, 0.1) is 5.56 Å². The van der Waals surface area contributed by atoms with E-state index in [9.17, 15) is 13.2 Å². The lowest BCUT2D eigenvalue weighted by molar-refractivity contribution is -0.137. The van der Waals surface area contributed by atoms with Crippen molar-refractivity contribution in [3.05, 3.63) is 48.0 Å². The van der Waals surface area contributed by atoms with Gasteiger partial charge in [0.2, 0.25) is 0 Å². The highest BCUT2D eigenvalue weighted by Crippen LogP contribution is 2.29. The number of likely N-dealkylation sites (tertiary alicyclic amines) is 1. The Balaban J connectivity index is 1.88. The Labute approximate surface area is 128 Å². The molecule has 2 atom stereocenters. The quantitative estimate of drug-likeness (QED) is 0.817. The number of nitrogens with zero attached hydrogens (tertiary/aromatic N) is 1. The van der Waals surface area contributed by atoms with Crippen molar-refractivity contribution in [2.75, 3.05) is 20.2 Å². The zero-order valence-corrected chi connectivity index (χ0v) is 12.6. The van der Waals surface area contributed by atoms with Crippen molar-refractivity contribution < 1.29 is 17.9 Å². The summed E-state index contributed by atoms with van der Waals surface area (Å²) in [5, 5.41) is 3.31. The normalized spacial score (nSPS) is 21.0. The largest absolute Gasteiger partial charge is 0.416 e. The van der Waals surface area contributed by atoms with Gasteiger partial charge in [0.15, 0.2) is 0 Å². The Kier molecular flexibility index (Phi) is 5.61. The number of benzene rings is 1. The Bertz CT molecular complexity index is 504. The minimum atomic E-state index is -4.30. The molecule has 122 valence electrons. The molecule has 0 saturated carbocycles. The number of alkyl halides is 3. The van der Waals surface area contributed by atoms with Crippen LogP contribution in [0.1, 0.15) is 17.5 Å². The molecule has 1 aromatic carbocycles. The molecule has 1 fully saturated rings. The van der Waals surface area contributed by atoms with E-state index in [1.54, 1.807) is 19.3 Å². The maximum absolute atomic E-state index is 12.7. The van der Waals surface area contributed by atoms with Crippen LogP contribution in [-0.2, 0) is 17.5 Å². The lowest BCUT2D eigenvalue weighted by Gasteiger charge is -2.23. The molecule has 0 amide bonds. The van der Waals surface area contributed by atoms with Crippen molar-refractivity contribution in [2.45, 2.75) is 31.4 Å². The van der Waals surface area contributed by atoms with E-state index in [0.29, 0.717) is 12.1 Å². The van der Waals surface area contributed by atoms with Gasteiger partial charge in [0.25, 0.3) is 0 Å². The highest BCUT2D eigenvalue weighted by Gasteiger charge is 2.30. The monoisotopic (exact) mass is 314 g/mol. The second kappa shape index (κ2) is 7.26. The molecule has 6 heteroatoms. The lowest BCUT2D eigenvalue weighted by atomic mass is 10.1. The third-order valence-corrected chi connectivity index (χ3v) is 3.87. The maximum Gasteiger partial charge on any atom is 0.416 e. The molecule has 0 spiro atoms. The molecule has 1 aliphatic rings. The second-order valence-electron chi connectivity index (χ2n) is 5.42. The molecule has 1 aromatic rings. The van der Waals surface area contributed by atoms with Crippen LogP contribution >= 0.6 is 0 Å². The van der Waals surface area contributed by atoms with E-state index < -0.39 is 11.7 Å². The Morgan fingerprint density at radius 3 is 2.91 bits per heavy atom. The molecule has 1 heterocycles. The summed E-state index contributed by atoms with van der Waals surface area (Å²) in [6.45, 7) is 5.83. The first-order valence-corrected chi connectivity index (χ1v) is 7.23. The van der Waals surface area contributed by atoms with E-state index in [1.807, 2.05) is 0 Å². The first-order chi connectivity index (χ1) is 10.4. The average Bonchev–Trinajstić information content (AvgIpc) is 2.95. The van der Waals surface area contributed by atoms with Crippen molar-refractivity contribution in [3.63, 3.8) is 0 Å². The van der Waals surface area contributed by atoms with Crippen LogP contribution in [0.25, 0.3) is 0 Å². The van der Waals surface area contributed by atoms with Crippen LogP contribution < -0.4 is 5.32 Å². The van der Waals surface area contributed by atoms with Crippen LogP contribution in [0.15, 0.2) is 36.9 Å². The standard InChI is InChI=1S/C16H21F3N2O/c1-3-15(22-2)21-8-7-14(11-21)20-10-12-5-4-6-13(9-12)16(17,18)19/h3-6,9,14-15,20H,1,7-8,10-11H2,2H3/t14-,15?/m1/s1. The number of methoxy groups -OCH3 is 1. The Hall–Kier alpha value is -1.37. The fraction of sp³-hybridized carbons (Fsp3) is 0.500. The number of ether oxygens (including phenoxy) is 1. The van der Waals surface area contributed by atoms with Crippen LogP contribution in [0.5, 0.6) is 0 Å². The molecular weight excluding hydrogens is 293 g/mol. The maximum atomic E-state index is 12.7. The van der Waals surface area contributed by atoms with Crippen molar-refractivity contribution in [3.8, 4) is 0 Å². The van der Waals surface area contributed by atoms with Gasteiger partial charge in [-0.05, 0) is 24.1 Å². The summed E-state index contributed by atoms with van der Waals surface area (Å²) in [6, 6.07) is 5.68. The number of rotatable bonds is 6. The Morgan fingerprint density at radius 2 is 2.27 bits per heavy atom. The third kappa shape index (κ3) is 4.32. The SMILES string of the molecule is C=CC(OC)N1CC[C@@H](NCc2cccc(C(F)(F)F)c2)C1. The summed E-state index contributed by atoms with van der Waals surface area (Å²) in [4.78, 5) is 2.15. The van der Waals surface area contributed by atoms with E-state index in [1.165, 1.54) is 12.1 Å². The molecule has 1 unspecified atom stereocenters. The van der Waals surface area contributed by atoms with Gasteiger partial charge in [-0.15, -0.1) is 0 Å². The number of nitrogens with one attached hydrogen (secondary N) is 1. The van der Waals surface area contributed by atoms with Gasteiger partial charge in [-0.1, -0.05) is 24.8 Å². The second-order valence-corrected chi connectivity index (χ2v) is 5.42. The van der Waals surface area contributed by atoms with Crippen molar-refractivity contribution in [1.82, 2.24) is 10.2 Å². The van der Waals surface area contributed by atoms with Crippen molar-refractivity contribution in [2.24, 2.45) is 0 Å². The average molecular weight is 314 g/mol. The van der Waals surface area contributed by atoms with Crippen LogP contribution in [-0.4, -0.2) is 37.4 Å². The molecule has 0 aliphatic carbocycles. The van der Waals surface area contributed by atoms with E-state index in [4.69, 9.17) is 4.74 Å². The third-order valence-electron chi connectivity index (χ3n) is 3.87. The van der Waals surface area contributed by atoms with Gasteiger partial charge in [-0.2, -0.15) is 13.2 Å². The molecule has 0 radical (unpaired) electrons.